The summed E-state index contributed by atoms with van der Waals surface area (Å²) in [6.07, 6.45) is -2.39. The Morgan fingerprint density at radius 3 is 2.76 bits per heavy atom. The molecule has 5 nitrogen and oxygen atoms in total. The monoisotopic (exact) mass is 242 g/mol. The second-order valence-corrected chi connectivity index (χ2v) is 3.06. The van der Waals surface area contributed by atoms with Gasteiger partial charge in [0.25, 0.3) is 6.43 Å². The smallest absolute Gasteiger partial charge is 0.308 e. The van der Waals surface area contributed by atoms with E-state index in [2.05, 4.69) is 4.98 Å². The third kappa shape index (κ3) is 2.66. The van der Waals surface area contributed by atoms with Gasteiger partial charge in [-0.1, -0.05) is 0 Å². The normalized spacial score (nSPS) is 10.1. The topological polar surface area (TPSA) is 83.2 Å². The van der Waals surface area contributed by atoms with E-state index in [0.29, 0.717) is 0 Å². The van der Waals surface area contributed by atoms with Crippen molar-refractivity contribution in [1.82, 2.24) is 4.98 Å². The Balaban J connectivity index is 3.38. The lowest BCUT2D eigenvalue weighted by atomic mass is 10.1. The van der Waals surface area contributed by atoms with E-state index in [4.69, 9.17) is 15.1 Å². The van der Waals surface area contributed by atoms with Gasteiger partial charge in [-0.2, -0.15) is 5.26 Å². The Hall–Kier alpha value is -2.23. The van der Waals surface area contributed by atoms with Crippen LogP contribution in [-0.2, 0) is 11.2 Å². The zero-order chi connectivity index (χ0) is 13.0. The Morgan fingerprint density at radius 1 is 1.71 bits per heavy atom. The number of alkyl halides is 2. The van der Waals surface area contributed by atoms with Crippen molar-refractivity contribution in [2.45, 2.75) is 12.8 Å². The van der Waals surface area contributed by atoms with Gasteiger partial charge in [-0.05, 0) is 0 Å². The number of pyridine rings is 1. The van der Waals surface area contributed by atoms with Crippen molar-refractivity contribution in [2.75, 3.05) is 7.11 Å². The summed E-state index contributed by atoms with van der Waals surface area (Å²) in [6, 6.07) is 1.55. The van der Waals surface area contributed by atoms with Crippen LogP contribution < -0.4 is 4.74 Å². The number of carboxylic acid groups (broad SMARTS) is 1. The van der Waals surface area contributed by atoms with E-state index in [-0.39, 0.29) is 11.3 Å². The van der Waals surface area contributed by atoms with Gasteiger partial charge in [0, 0.05) is 11.8 Å². The standard InChI is InChI=1S/C10H8F2N2O3/c1-17-9-5(2-7(15)16)4-14-8(10(11)12)6(9)3-13/h4,10H,2H2,1H3,(H,15,16). The van der Waals surface area contributed by atoms with Gasteiger partial charge in [-0.3, -0.25) is 9.78 Å². The minimum Gasteiger partial charge on any atom is -0.495 e. The number of carbonyl (C=O) groups is 1. The van der Waals surface area contributed by atoms with Crippen LogP contribution in [0.2, 0.25) is 0 Å². The van der Waals surface area contributed by atoms with Gasteiger partial charge in [-0.25, -0.2) is 8.78 Å². The molecule has 1 aromatic heterocycles. The van der Waals surface area contributed by atoms with Crippen molar-refractivity contribution in [1.29, 1.82) is 5.26 Å². The summed E-state index contributed by atoms with van der Waals surface area (Å²) < 4.78 is 29.9. The number of hydrogen-bond acceptors (Lipinski definition) is 4. The molecule has 1 aromatic rings. The van der Waals surface area contributed by atoms with E-state index in [9.17, 15) is 13.6 Å². The highest BCUT2D eigenvalue weighted by Gasteiger charge is 2.22. The van der Waals surface area contributed by atoms with Crippen LogP contribution in [0, 0.1) is 11.3 Å². The quantitative estimate of drug-likeness (QED) is 0.865. The van der Waals surface area contributed by atoms with Crippen molar-refractivity contribution < 1.29 is 23.4 Å². The van der Waals surface area contributed by atoms with Crippen LogP contribution in [0.25, 0.3) is 0 Å². The molecule has 0 bridgehead atoms. The zero-order valence-electron chi connectivity index (χ0n) is 8.78. The lowest BCUT2D eigenvalue weighted by Gasteiger charge is -2.11. The average molecular weight is 242 g/mol. The third-order valence-corrected chi connectivity index (χ3v) is 2.00. The number of carboxylic acids is 1. The highest BCUT2D eigenvalue weighted by Crippen LogP contribution is 2.30. The van der Waals surface area contributed by atoms with Gasteiger partial charge in [0.1, 0.15) is 23.1 Å². The van der Waals surface area contributed by atoms with Crippen molar-refractivity contribution in [3.8, 4) is 11.8 Å². The molecule has 0 saturated heterocycles. The highest BCUT2D eigenvalue weighted by molar-refractivity contribution is 5.72. The van der Waals surface area contributed by atoms with E-state index in [0.717, 1.165) is 6.20 Å². The number of nitriles is 1. The fourth-order valence-corrected chi connectivity index (χ4v) is 1.34. The molecular weight excluding hydrogens is 234 g/mol. The Labute approximate surface area is 95.3 Å². The molecule has 0 aliphatic heterocycles. The molecule has 0 amide bonds. The van der Waals surface area contributed by atoms with Crippen LogP contribution in [0.1, 0.15) is 23.2 Å². The summed E-state index contributed by atoms with van der Waals surface area (Å²) in [6.45, 7) is 0. The van der Waals surface area contributed by atoms with Crippen molar-refractivity contribution in [3.63, 3.8) is 0 Å². The van der Waals surface area contributed by atoms with Gasteiger partial charge in [0.05, 0.1) is 13.5 Å². The van der Waals surface area contributed by atoms with Crippen LogP contribution in [0.4, 0.5) is 8.78 Å². The predicted molar refractivity (Wildman–Crippen MR) is 51.8 cm³/mol. The largest absolute Gasteiger partial charge is 0.495 e. The maximum absolute atomic E-state index is 12.5. The van der Waals surface area contributed by atoms with E-state index >= 15 is 0 Å². The first kappa shape index (κ1) is 12.8. The van der Waals surface area contributed by atoms with Gasteiger partial charge >= 0.3 is 5.97 Å². The van der Waals surface area contributed by atoms with E-state index < -0.39 is 30.1 Å². The molecule has 0 spiro atoms. The molecule has 0 aliphatic rings. The third-order valence-electron chi connectivity index (χ3n) is 2.00. The summed E-state index contributed by atoms with van der Waals surface area (Å²) in [7, 11) is 1.18. The lowest BCUT2D eigenvalue weighted by molar-refractivity contribution is -0.136. The number of aromatic nitrogens is 1. The predicted octanol–water partition coefficient (Wildman–Crippen LogP) is 1.53. The average Bonchev–Trinajstić information content (AvgIpc) is 2.26. The van der Waals surface area contributed by atoms with Crippen molar-refractivity contribution >= 4 is 5.97 Å². The molecule has 90 valence electrons. The van der Waals surface area contributed by atoms with E-state index in [1.54, 1.807) is 6.07 Å². The van der Waals surface area contributed by atoms with Gasteiger partial charge < -0.3 is 9.84 Å². The molecule has 7 heteroatoms. The molecule has 1 rings (SSSR count). The molecule has 1 heterocycles. The fraction of sp³-hybridized carbons (Fsp3) is 0.300. The summed E-state index contributed by atoms with van der Waals surface area (Å²) >= 11 is 0. The van der Waals surface area contributed by atoms with Crippen molar-refractivity contribution in [3.05, 3.63) is 23.0 Å². The first-order valence-electron chi connectivity index (χ1n) is 4.47. The van der Waals surface area contributed by atoms with Crippen LogP contribution in [0.5, 0.6) is 5.75 Å². The number of hydrogen-bond donors (Lipinski definition) is 1. The van der Waals surface area contributed by atoms with Gasteiger partial charge in [-0.15, -0.1) is 0 Å². The van der Waals surface area contributed by atoms with Crippen LogP contribution >= 0.6 is 0 Å². The Kier molecular flexibility index (Phi) is 3.93. The van der Waals surface area contributed by atoms with E-state index in [1.807, 2.05) is 0 Å². The number of halogens is 2. The van der Waals surface area contributed by atoms with Gasteiger partial charge in [0.2, 0.25) is 0 Å². The zero-order valence-corrected chi connectivity index (χ0v) is 8.78. The lowest BCUT2D eigenvalue weighted by Crippen LogP contribution is -2.07. The Morgan fingerprint density at radius 2 is 2.35 bits per heavy atom. The number of methoxy groups -OCH3 is 1. The Bertz CT molecular complexity index is 483. The second-order valence-electron chi connectivity index (χ2n) is 3.06. The van der Waals surface area contributed by atoms with E-state index in [1.165, 1.54) is 7.11 Å². The maximum atomic E-state index is 12.5. The van der Waals surface area contributed by atoms with Crippen molar-refractivity contribution in [2.24, 2.45) is 0 Å². The molecule has 0 unspecified atom stereocenters. The molecule has 0 saturated carbocycles. The van der Waals surface area contributed by atoms with Crippen LogP contribution in [0.3, 0.4) is 0 Å². The molecule has 0 fully saturated rings. The minimum absolute atomic E-state index is 0.0842. The van der Waals surface area contributed by atoms with Crippen LogP contribution in [0.15, 0.2) is 6.20 Å². The fourth-order valence-electron chi connectivity index (χ4n) is 1.34. The minimum atomic E-state index is -2.92. The number of nitrogens with zero attached hydrogens (tertiary/aromatic N) is 2. The molecular formula is C10H8F2N2O3. The number of rotatable bonds is 4. The number of aliphatic carboxylic acids is 1. The summed E-state index contributed by atoms with van der Waals surface area (Å²) in [5.74, 6) is -1.33. The molecule has 0 atom stereocenters. The number of ether oxygens (including phenoxy) is 1. The molecule has 0 radical (unpaired) electrons. The summed E-state index contributed by atoms with van der Waals surface area (Å²) in [4.78, 5) is 13.9. The molecule has 1 N–H and O–H groups in total. The summed E-state index contributed by atoms with van der Waals surface area (Å²) in [5, 5.41) is 17.4. The second kappa shape index (κ2) is 5.21. The van der Waals surface area contributed by atoms with Gasteiger partial charge in [0.15, 0.2) is 0 Å². The first-order valence-corrected chi connectivity index (χ1v) is 4.47. The van der Waals surface area contributed by atoms with Crippen LogP contribution in [-0.4, -0.2) is 23.2 Å². The molecule has 0 aromatic carbocycles. The highest BCUT2D eigenvalue weighted by atomic mass is 19.3. The SMILES string of the molecule is COc1c(CC(=O)O)cnc(C(F)F)c1C#N. The maximum Gasteiger partial charge on any atom is 0.308 e. The summed E-state index contributed by atoms with van der Waals surface area (Å²) in [5.41, 5.74) is -1.05. The molecule has 0 aliphatic carbocycles. The molecule has 17 heavy (non-hydrogen) atoms. The first-order chi connectivity index (χ1) is 8.01.